The summed E-state index contributed by atoms with van der Waals surface area (Å²) in [5.74, 6) is 0.244. The second kappa shape index (κ2) is 10.3. The van der Waals surface area contributed by atoms with Gasteiger partial charge in [-0.2, -0.15) is 0 Å². The Labute approximate surface area is 207 Å². The van der Waals surface area contributed by atoms with Crippen LogP contribution in [0.5, 0.6) is 0 Å². The fourth-order valence-electron chi connectivity index (χ4n) is 4.13. The molecule has 0 saturated carbocycles. The van der Waals surface area contributed by atoms with Gasteiger partial charge in [-0.15, -0.1) is 0 Å². The standard InChI is InChI=1S/C27H54O4Si2/c1-19(2)23(30-32(12,13)25(4,5)6)20(3)24(31-33(14,15)26(7,8)9)27(10,11)21-17-16-18-22(28)29-21/h16,18-21,23-24H,17H2,1-15H3/t20-,21+,23-,24-/m1/s1. The van der Waals surface area contributed by atoms with Crippen molar-refractivity contribution in [1.29, 1.82) is 0 Å². The molecule has 1 rings (SSSR count). The minimum absolute atomic E-state index is 0.0646. The van der Waals surface area contributed by atoms with Crippen molar-refractivity contribution in [2.24, 2.45) is 17.3 Å². The van der Waals surface area contributed by atoms with E-state index in [1.54, 1.807) is 0 Å². The first-order valence-electron chi connectivity index (χ1n) is 12.8. The topological polar surface area (TPSA) is 44.8 Å². The number of hydrogen-bond donors (Lipinski definition) is 0. The first kappa shape index (κ1) is 30.6. The maximum Gasteiger partial charge on any atom is 0.330 e. The third-order valence-electron chi connectivity index (χ3n) is 8.54. The van der Waals surface area contributed by atoms with E-state index in [-0.39, 0.29) is 45.7 Å². The maximum atomic E-state index is 12.1. The molecule has 0 unspecified atom stereocenters. The molecule has 194 valence electrons. The molecule has 0 amide bonds. The summed E-state index contributed by atoms with van der Waals surface area (Å²) in [7, 11) is -4.08. The van der Waals surface area contributed by atoms with Crippen molar-refractivity contribution < 1.29 is 18.4 Å². The molecule has 0 spiro atoms. The quantitative estimate of drug-likeness (QED) is 0.239. The highest BCUT2D eigenvalue weighted by Gasteiger charge is 2.51. The minimum Gasteiger partial charge on any atom is -0.458 e. The molecule has 33 heavy (non-hydrogen) atoms. The van der Waals surface area contributed by atoms with Gasteiger partial charge in [0, 0.05) is 23.8 Å². The van der Waals surface area contributed by atoms with E-state index in [1.807, 2.05) is 6.08 Å². The van der Waals surface area contributed by atoms with Gasteiger partial charge in [0.1, 0.15) is 6.10 Å². The van der Waals surface area contributed by atoms with Crippen LogP contribution in [0.25, 0.3) is 0 Å². The van der Waals surface area contributed by atoms with Gasteiger partial charge < -0.3 is 13.6 Å². The van der Waals surface area contributed by atoms with Crippen LogP contribution in [-0.2, 0) is 18.4 Å². The molecule has 4 atom stereocenters. The third kappa shape index (κ3) is 7.28. The number of carbonyl (C=O) groups excluding carboxylic acids is 1. The summed E-state index contributed by atoms with van der Waals surface area (Å²) in [4.78, 5) is 12.1. The summed E-state index contributed by atoms with van der Waals surface area (Å²) in [6.07, 6.45) is 3.95. The van der Waals surface area contributed by atoms with E-state index < -0.39 is 16.6 Å². The summed E-state index contributed by atoms with van der Waals surface area (Å²) in [5.41, 5.74) is -0.362. The predicted octanol–water partition coefficient (Wildman–Crippen LogP) is 7.96. The van der Waals surface area contributed by atoms with Gasteiger partial charge in [0.15, 0.2) is 16.6 Å². The van der Waals surface area contributed by atoms with E-state index in [0.717, 1.165) is 6.42 Å². The molecule has 0 radical (unpaired) electrons. The Morgan fingerprint density at radius 3 is 1.73 bits per heavy atom. The summed E-state index contributed by atoms with van der Waals surface area (Å²) in [6.45, 7) is 34.2. The molecule has 0 aromatic carbocycles. The van der Waals surface area contributed by atoms with Gasteiger partial charge in [-0.25, -0.2) is 4.79 Å². The lowest BCUT2D eigenvalue weighted by Crippen LogP contribution is -2.58. The summed E-state index contributed by atoms with van der Waals surface area (Å²) in [5, 5.41) is 0.215. The molecule has 6 heteroatoms. The molecule has 1 aliphatic rings. The van der Waals surface area contributed by atoms with Crippen LogP contribution in [0.2, 0.25) is 36.3 Å². The zero-order valence-electron chi connectivity index (χ0n) is 24.4. The van der Waals surface area contributed by atoms with Crippen molar-refractivity contribution in [3.63, 3.8) is 0 Å². The van der Waals surface area contributed by atoms with Crippen molar-refractivity contribution in [3.8, 4) is 0 Å². The molecule has 0 N–H and O–H groups in total. The molecule has 0 fully saturated rings. The lowest BCUT2D eigenvalue weighted by Gasteiger charge is -2.52. The number of ether oxygens (including phenoxy) is 1. The molecule has 0 aromatic heterocycles. The Morgan fingerprint density at radius 2 is 1.33 bits per heavy atom. The van der Waals surface area contributed by atoms with E-state index in [9.17, 15) is 4.79 Å². The highest BCUT2D eigenvalue weighted by molar-refractivity contribution is 6.74. The van der Waals surface area contributed by atoms with Gasteiger partial charge in [0.2, 0.25) is 0 Å². The summed E-state index contributed by atoms with van der Waals surface area (Å²) >= 11 is 0. The average molecular weight is 499 g/mol. The monoisotopic (exact) mass is 498 g/mol. The molecule has 0 aromatic rings. The van der Waals surface area contributed by atoms with Gasteiger partial charge in [0.05, 0.1) is 12.2 Å². The fraction of sp³-hybridized carbons (Fsp3) is 0.889. The van der Waals surface area contributed by atoms with Crippen LogP contribution in [0.15, 0.2) is 12.2 Å². The number of esters is 1. The van der Waals surface area contributed by atoms with Crippen LogP contribution in [0.3, 0.4) is 0 Å². The minimum atomic E-state index is -2.10. The van der Waals surface area contributed by atoms with Crippen LogP contribution in [0.1, 0.15) is 82.6 Å². The number of cyclic esters (lactones) is 1. The maximum absolute atomic E-state index is 12.1. The van der Waals surface area contributed by atoms with Crippen LogP contribution in [-0.4, -0.2) is 40.9 Å². The Balaban J connectivity index is 3.49. The first-order valence-corrected chi connectivity index (χ1v) is 18.6. The number of hydrogen-bond acceptors (Lipinski definition) is 4. The highest BCUT2D eigenvalue weighted by Crippen LogP contribution is 2.47. The SMILES string of the molecule is CC(C)[C@@H](O[Si](C)(C)C(C)(C)C)[C@@H](C)[C@@H](O[Si](C)(C)C(C)(C)C)C(C)(C)[C@@H]1CC=CC(=O)O1. The summed E-state index contributed by atoms with van der Waals surface area (Å²) < 4.78 is 20.1. The third-order valence-corrected chi connectivity index (χ3v) is 17.5. The van der Waals surface area contributed by atoms with Crippen LogP contribution in [0.4, 0.5) is 0 Å². The Morgan fingerprint density at radius 1 is 0.879 bits per heavy atom. The second-order valence-electron chi connectivity index (χ2n) is 14.1. The van der Waals surface area contributed by atoms with E-state index in [0.29, 0.717) is 5.92 Å². The normalized spacial score (nSPS) is 21.7. The highest BCUT2D eigenvalue weighted by atomic mass is 28.4. The predicted molar refractivity (Wildman–Crippen MR) is 146 cm³/mol. The van der Waals surface area contributed by atoms with Gasteiger partial charge in [-0.05, 0) is 42.2 Å². The first-order chi connectivity index (χ1) is 14.5. The average Bonchev–Trinajstić information content (AvgIpc) is 2.61. The summed E-state index contributed by atoms with van der Waals surface area (Å²) in [6, 6.07) is 0. The number of carbonyl (C=O) groups is 1. The molecular weight excluding hydrogens is 444 g/mol. The van der Waals surface area contributed by atoms with Crippen LogP contribution >= 0.6 is 0 Å². The van der Waals surface area contributed by atoms with Gasteiger partial charge in [-0.3, -0.25) is 0 Å². The van der Waals surface area contributed by atoms with Crippen molar-refractivity contribution in [2.75, 3.05) is 0 Å². The molecular formula is C27H54O4Si2. The van der Waals surface area contributed by atoms with Gasteiger partial charge in [-0.1, -0.05) is 82.2 Å². The zero-order chi connectivity index (χ0) is 26.2. The van der Waals surface area contributed by atoms with E-state index in [1.165, 1.54) is 6.08 Å². The van der Waals surface area contributed by atoms with Crippen LogP contribution in [0, 0.1) is 17.3 Å². The molecule has 0 saturated heterocycles. The zero-order valence-corrected chi connectivity index (χ0v) is 26.4. The largest absolute Gasteiger partial charge is 0.458 e. The Bertz CT molecular complexity index is 696. The van der Waals surface area contributed by atoms with Crippen molar-refractivity contribution in [3.05, 3.63) is 12.2 Å². The van der Waals surface area contributed by atoms with E-state index in [2.05, 4.69) is 102 Å². The molecule has 1 aliphatic heterocycles. The van der Waals surface area contributed by atoms with Crippen LogP contribution < -0.4 is 0 Å². The lowest BCUT2D eigenvalue weighted by molar-refractivity contribution is -0.159. The van der Waals surface area contributed by atoms with E-state index in [4.69, 9.17) is 13.6 Å². The Hall–Kier alpha value is -0.436. The molecule has 0 aliphatic carbocycles. The van der Waals surface area contributed by atoms with Gasteiger partial charge >= 0.3 is 5.97 Å². The Kier molecular flexibility index (Phi) is 9.53. The second-order valence-corrected chi connectivity index (χ2v) is 23.6. The molecule has 1 heterocycles. The van der Waals surface area contributed by atoms with Crippen molar-refractivity contribution >= 4 is 22.6 Å². The number of rotatable bonds is 9. The van der Waals surface area contributed by atoms with Crippen molar-refractivity contribution in [1.82, 2.24) is 0 Å². The van der Waals surface area contributed by atoms with Crippen molar-refractivity contribution in [2.45, 2.75) is 137 Å². The fourth-order valence-corrected chi connectivity index (χ4v) is 7.15. The van der Waals surface area contributed by atoms with Gasteiger partial charge in [0.25, 0.3) is 0 Å². The smallest absolute Gasteiger partial charge is 0.330 e. The lowest BCUT2D eigenvalue weighted by atomic mass is 9.72. The molecule has 0 bridgehead atoms. The van der Waals surface area contributed by atoms with E-state index >= 15 is 0 Å². The molecule has 4 nitrogen and oxygen atoms in total.